The predicted molar refractivity (Wildman–Crippen MR) is 57.5 cm³/mol. The summed E-state index contributed by atoms with van der Waals surface area (Å²) in [6.45, 7) is 5.43. The minimum absolute atomic E-state index is 0.361. The molecule has 1 nitrogen and oxygen atoms in total. The Kier molecular flexibility index (Phi) is 5.76. The van der Waals surface area contributed by atoms with Gasteiger partial charge >= 0.3 is 0 Å². The Hall–Kier alpha value is -0.530. The number of hydrogen-bond acceptors (Lipinski definition) is 1. The molecule has 0 saturated carbocycles. The van der Waals surface area contributed by atoms with E-state index in [-0.39, 0.29) is 5.24 Å². The fourth-order valence-corrected chi connectivity index (χ4v) is 0.931. The van der Waals surface area contributed by atoms with Crippen molar-refractivity contribution in [1.82, 2.24) is 0 Å². The molecule has 0 heterocycles. The van der Waals surface area contributed by atoms with Gasteiger partial charge in [0.2, 0.25) is 5.24 Å². The zero-order chi connectivity index (χ0) is 10.4. The first-order valence-corrected chi connectivity index (χ1v) is 4.58. The molecular formula is C10H12Cl2O. The molecule has 0 atom stereocenters. The van der Waals surface area contributed by atoms with E-state index in [4.69, 9.17) is 11.6 Å². The molecule has 0 aliphatic heterocycles. The van der Waals surface area contributed by atoms with Gasteiger partial charge in [-0.2, -0.15) is 0 Å². The summed E-state index contributed by atoms with van der Waals surface area (Å²) in [5, 5.41) is 0.457. The summed E-state index contributed by atoms with van der Waals surface area (Å²) in [5.74, 6) is 0. The third-order valence-corrected chi connectivity index (χ3v) is 1.70. The number of rotatable bonds is 0. The van der Waals surface area contributed by atoms with Crippen LogP contribution in [0.25, 0.3) is 0 Å². The van der Waals surface area contributed by atoms with Crippen molar-refractivity contribution < 1.29 is 4.79 Å². The van der Waals surface area contributed by atoms with Crippen LogP contribution in [0.4, 0.5) is 0 Å². The molecule has 0 amide bonds. The van der Waals surface area contributed by atoms with Gasteiger partial charge in [-0.3, -0.25) is 4.79 Å². The molecule has 0 N–H and O–H groups in total. The average Bonchev–Trinajstić information content (AvgIpc) is 1.96. The van der Waals surface area contributed by atoms with Crippen molar-refractivity contribution in [3.63, 3.8) is 0 Å². The van der Waals surface area contributed by atoms with Crippen molar-refractivity contribution in [3.8, 4) is 0 Å². The van der Waals surface area contributed by atoms with E-state index in [1.165, 1.54) is 18.1 Å². The Labute approximate surface area is 88.7 Å². The maximum Gasteiger partial charge on any atom is 0.218 e. The average molecular weight is 219 g/mol. The molecule has 0 aliphatic carbocycles. The van der Waals surface area contributed by atoms with Crippen LogP contribution < -0.4 is 0 Å². The smallest absolute Gasteiger partial charge is 0.218 e. The van der Waals surface area contributed by atoms with Gasteiger partial charge in [-0.05, 0) is 48.7 Å². The lowest BCUT2D eigenvalue weighted by molar-refractivity contribution is -0.109. The topological polar surface area (TPSA) is 17.1 Å². The van der Waals surface area contributed by atoms with E-state index in [1.54, 1.807) is 0 Å². The minimum atomic E-state index is -0.361. The summed E-state index contributed by atoms with van der Waals surface area (Å²) in [4.78, 5) is 9.21. The Balaban J connectivity index is 0.000000310. The molecule has 0 radical (unpaired) electrons. The highest BCUT2D eigenvalue weighted by Gasteiger charge is 1.90. The summed E-state index contributed by atoms with van der Waals surface area (Å²) < 4.78 is 0. The second-order valence-electron chi connectivity index (χ2n) is 2.70. The standard InChI is InChI=1S/C8H9Cl.C2H3ClO/c1-6-3-4-8(9)5-7(6)2;1-2(3)4/h3-5H,1-2H3;1H3. The summed E-state index contributed by atoms with van der Waals surface area (Å²) in [7, 11) is 0. The molecule has 1 aromatic rings. The molecule has 0 fully saturated rings. The van der Waals surface area contributed by atoms with Crippen LogP contribution in [-0.2, 0) is 4.79 Å². The molecule has 0 bridgehead atoms. The maximum absolute atomic E-state index is 9.21. The fourth-order valence-electron chi connectivity index (χ4n) is 0.705. The van der Waals surface area contributed by atoms with Gasteiger partial charge in [-0.1, -0.05) is 17.7 Å². The molecule has 72 valence electrons. The van der Waals surface area contributed by atoms with Gasteiger partial charge in [0.1, 0.15) is 0 Å². The van der Waals surface area contributed by atoms with Gasteiger partial charge in [-0.25, -0.2) is 0 Å². The highest BCUT2D eigenvalue weighted by atomic mass is 35.5. The van der Waals surface area contributed by atoms with Gasteiger partial charge in [0.05, 0.1) is 0 Å². The Morgan fingerprint density at radius 2 is 1.69 bits per heavy atom. The lowest BCUT2D eigenvalue weighted by atomic mass is 10.1. The second-order valence-corrected chi connectivity index (χ2v) is 3.67. The van der Waals surface area contributed by atoms with Crippen LogP contribution in [0.5, 0.6) is 0 Å². The van der Waals surface area contributed by atoms with Crippen LogP contribution in [0.15, 0.2) is 18.2 Å². The molecule has 0 spiro atoms. The molecule has 0 unspecified atom stereocenters. The maximum atomic E-state index is 9.21. The summed E-state index contributed by atoms with van der Waals surface area (Å²) in [5.41, 5.74) is 2.54. The van der Waals surface area contributed by atoms with Crippen molar-refractivity contribution >= 4 is 28.4 Å². The van der Waals surface area contributed by atoms with E-state index in [0.29, 0.717) is 0 Å². The van der Waals surface area contributed by atoms with Crippen molar-refractivity contribution in [3.05, 3.63) is 34.3 Å². The molecule has 13 heavy (non-hydrogen) atoms. The number of halogens is 2. The lowest BCUT2D eigenvalue weighted by Gasteiger charge is -1.97. The van der Waals surface area contributed by atoms with Gasteiger partial charge in [-0.15, -0.1) is 0 Å². The van der Waals surface area contributed by atoms with Crippen LogP contribution >= 0.6 is 23.2 Å². The normalized spacial score (nSPS) is 8.69. The second kappa shape index (κ2) is 6.01. The van der Waals surface area contributed by atoms with Crippen molar-refractivity contribution in [2.75, 3.05) is 0 Å². The van der Waals surface area contributed by atoms with Gasteiger partial charge in [0.25, 0.3) is 0 Å². The third kappa shape index (κ3) is 6.62. The highest BCUT2D eigenvalue weighted by Crippen LogP contribution is 2.13. The quantitative estimate of drug-likeness (QED) is 0.607. The third-order valence-electron chi connectivity index (χ3n) is 1.47. The predicted octanol–water partition coefficient (Wildman–Crippen LogP) is 3.73. The number of aryl methyl sites for hydroxylation is 2. The van der Waals surface area contributed by atoms with Crippen LogP contribution in [-0.4, -0.2) is 5.24 Å². The van der Waals surface area contributed by atoms with Crippen LogP contribution in [0, 0.1) is 13.8 Å². The van der Waals surface area contributed by atoms with E-state index in [2.05, 4.69) is 25.4 Å². The molecule has 0 aromatic heterocycles. The van der Waals surface area contributed by atoms with Gasteiger partial charge < -0.3 is 0 Å². The number of carbonyl (C=O) groups is 1. The molecule has 0 saturated heterocycles. The number of carbonyl (C=O) groups excluding carboxylic acids is 1. The molecule has 0 aliphatic rings. The Bertz CT molecular complexity index is 291. The van der Waals surface area contributed by atoms with Crippen LogP contribution in [0.3, 0.4) is 0 Å². The van der Waals surface area contributed by atoms with Gasteiger partial charge in [0, 0.05) is 11.9 Å². The van der Waals surface area contributed by atoms with Crippen LogP contribution in [0.1, 0.15) is 18.1 Å². The minimum Gasteiger partial charge on any atom is -0.282 e. The zero-order valence-corrected chi connectivity index (χ0v) is 9.41. The highest BCUT2D eigenvalue weighted by molar-refractivity contribution is 6.62. The van der Waals surface area contributed by atoms with Crippen LogP contribution in [0.2, 0.25) is 5.02 Å². The van der Waals surface area contributed by atoms with Crippen molar-refractivity contribution in [2.45, 2.75) is 20.8 Å². The van der Waals surface area contributed by atoms with E-state index < -0.39 is 0 Å². The molecule has 1 rings (SSSR count). The van der Waals surface area contributed by atoms with Crippen molar-refractivity contribution in [2.24, 2.45) is 0 Å². The van der Waals surface area contributed by atoms with E-state index in [0.717, 1.165) is 5.02 Å². The Morgan fingerprint density at radius 1 is 1.23 bits per heavy atom. The van der Waals surface area contributed by atoms with E-state index in [1.807, 2.05) is 18.2 Å². The monoisotopic (exact) mass is 218 g/mol. The van der Waals surface area contributed by atoms with Crippen molar-refractivity contribution in [1.29, 1.82) is 0 Å². The number of benzene rings is 1. The van der Waals surface area contributed by atoms with E-state index in [9.17, 15) is 4.79 Å². The summed E-state index contributed by atoms with van der Waals surface area (Å²) in [6.07, 6.45) is 0. The Morgan fingerprint density at radius 3 is 2.00 bits per heavy atom. The fraction of sp³-hybridized carbons (Fsp3) is 0.300. The first kappa shape index (κ1) is 12.5. The molecule has 1 aromatic carbocycles. The zero-order valence-electron chi connectivity index (χ0n) is 7.90. The summed E-state index contributed by atoms with van der Waals surface area (Å²) in [6, 6.07) is 5.90. The first-order chi connectivity index (χ1) is 5.93. The van der Waals surface area contributed by atoms with Gasteiger partial charge in [0.15, 0.2) is 0 Å². The molecular weight excluding hydrogens is 207 g/mol. The SMILES string of the molecule is CC(=O)Cl.Cc1ccc(Cl)cc1C. The largest absolute Gasteiger partial charge is 0.282 e. The summed E-state index contributed by atoms with van der Waals surface area (Å²) >= 11 is 10.4. The lowest BCUT2D eigenvalue weighted by Crippen LogP contribution is -1.77. The number of hydrogen-bond donors (Lipinski definition) is 0. The first-order valence-electron chi connectivity index (χ1n) is 3.82. The molecule has 3 heteroatoms. The van der Waals surface area contributed by atoms with E-state index >= 15 is 0 Å².